The highest BCUT2D eigenvalue weighted by molar-refractivity contribution is 5.90. The first-order valence-electron chi connectivity index (χ1n) is 10.4. The summed E-state index contributed by atoms with van der Waals surface area (Å²) in [6.07, 6.45) is 1.53. The number of nitrogens with zero attached hydrogens (tertiary/aromatic N) is 1. The molecular formula is C23H29N5O5. The Bertz CT molecular complexity index is 962. The molecule has 0 bridgehead atoms. The molecule has 1 atom stereocenters. The minimum absolute atomic E-state index is 0.0324. The lowest BCUT2D eigenvalue weighted by atomic mass is 10.0. The number of rotatable bonds is 11. The highest BCUT2D eigenvalue weighted by Gasteiger charge is 2.19. The van der Waals surface area contributed by atoms with Crippen molar-refractivity contribution in [3.8, 4) is 5.75 Å². The van der Waals surface area contributed by atoms with E-state index in [1.165, 1.54) is 13.3 Å². The van der Waals surface area contributed by atoms with E-state index in [-0.39, 0.29) is 37.9 Å². The number of carbonyl (C=O) groups is 3. The van der Waals surface area contributed by atoms with Gasteiger partial charge in [0.25, 0.3) is 0 Å². The van der Waals surface area contributed by atoms with Gasteiger partial charge in [0, 0.05) is 12.2 Å². The summed E-state index contributed by atoms with van der Waals surface area (Å²) in [5.74, 6) is 5.02. The zero-order valence-electron chi connectivity index (χ0n) is 18.7. The Morgan fingerprint density at radius 1 is 1.15 bits per heavy atom. The zero-order chi connectivity index (χ0) is 24.1. The molecule has 33 heavy (non-hydrogen) atoms. The molecule has 3 amide bonds. The van der Waals surface area contributed by atoms with Crippen molar-refractivity contribution in [2.75, 3.05) is 25.6 Å². The van der Waals surface area contributed by atoms with Crippen molar-refractivity contribution in [2.45, 2.75) is 25.8 Å². The Hall–Kier alpha value is -4.08. The fourth-order valence-corrected chi connectivity index (χ4v) is 2.97. The van der Waals surface area contributed by atoms with Gasteiger partial charge in [-0.25, -0.2) is 4.79 Å². The first-order valence-corrected chi connectivity index (χ1v) is 10.4. The van der Waals surface area contributed by atoms with Crippen molar-refractivity contribution in [1.29, 1.82) is 0 Å². The molecule has 2 aromatic rings. The molecule has 2 aromatic carbocycles. The number of hydrogen-bond donors (Lipinski definition) is 4. The lowest BCUT2D eigenvalue weighted by Crippen LogP contribution is -2.36. The van der Waals surface area contributed by atoms with Gasteiger partial charge in [-0.3, -0.25) is 9.59 Å². The fourth-order valence-electron chi connectivity index (χ4n) is 2.97. The molecule has 10 nitrogen and oxygen atoms in total. The second-order valence-electron chi connectivity index (χ2n) is 6.94. The molecular weight excluding hydrogens is 426 g/mol. The van der Waals surface area contributed by atoms with E-state index in [1.807, 2.05) is 0 Å². The van der Waals surface area contributed by atoms with E-state index < -0.39 is 12.1 Å². The zero-order valence-corrected chi connectivity index (χ0v) is 18.7. The number of nitrogens with one attached hydrogen (secondary N) is 3. The first-order chi connectivity index (χ1) is 15.9. The fraction of sp³-hybridized carbons (Fsp3) is 0.304. The lowest BCUT2D eigenvalue weighted by Gasteiger charge is -2.20. The van der Waals surface area contributed by atoms with Crippen LogP contribution in [0.1, 0.15) is 36.9 Å². The smallest absolute Gasteiger partial charge is 0.319 e. The molecule has 0 fully saturated rings. The molecule has 0 heterocycles. The number of nitrogens with two attached hydrogens (primary N) is 1. The number of hydrogen-bond acceptors (Lipinski definition) is 7. The maximum Gasteiger partial charge on any atom is 0.319 e. The second kappa shape index (κ2) is 13.4. The van der Waals surface area contributed by atoms with Crippen LogP contribution in [-0.4, -0.2) is 44.4 Å². The number of methoxy groups -OCH3 is 1. The average molecular weight is 456 g/mol. The van der Waals surface area contributed by atoms with Crippen LogP contribution in [0.2, 0.25) is 0 Å². The third-order valence-electron chi connectivity index (χ3n) is 4.54. The summed E-state index contributed by atoms with van der Waals surface area (Å²) < 4.78 is 10.1. The summed E-state index contributed by atoms with van der Waals surface area (Å²) in [6.45, 7) is 2.15. The van der Waals surface area contributed by atoms with Gasteiger partial charge >= 0.3 is 12.0 Å². The van der Waals surface area contributed by atoms with Crippen molar-refractivity contribution < 1.29 is 23.9 Å². The van der Waals surface area contributed by atoms with Crippen molar-refractivity contribution in [3.05, 3.63) is 59.7 Å². The predicted octanol–water partition coefficient (Wildman–Crippen LogP) is 2.31. The van der Waals surface area contributed by atoms with Gasteiger partial charge in [0.2, 0.25) is 5.91 Å². The van der Waals surface area contributed by atoms with Crippen LogP contribution in [0.5, 0.6) is 5.75 Å². The van der Waals surface area contributed by atoms with Crippen LogP contribution in [0.25, 0.3) is 0 Å². The highest BCUT2D eigenvalue weighted by atomic mass is 16.5. The van der Waals surface area contributed by atoms with Gasteiger partial charge in [0.15, 0.2) is 0 Å². The van der Waals surface area contributed by atoms with E-state index in [0.29, 0.717) is 17.0 Å². The summed E-state index contributed by atoms with van der Waals surface area (Å²) in [4.78, 5) is 36.5. The maximum absolute atomic E-state index is 12.6. The van der Waals surface area contributed by atoms with Crippen molar-refractivity contribution >= 4 is 29.8 Å². The number of anilines is 1. The van der Waals surface area contributed by atoms with Gasteiger partial charge in [-0.05, 0) is 42.3 Å². The Morgan fingerprint density at radius 3 is 2.58 bits per heavy atom. The highest BCUT2D eigenvalue weighted by Crippen LogP contribution is 2.22. The number of esters is 1. The maximum atomic E-state index is 12.6. The molecule has 1 unspecified atom stereocenters. The minimum Gasteiger partial charge on any atom is -0.497 e. The minimum atomic E-state index is -0.633. The molecule has 0 spiro atoms. The van der Waals surface area contributed by atoms with Crippen LogP contribution in [0.4, 0.5) is 10.5 Å². The number of ether oxygens (including phenoxy) is 2. The summed E-state index contributed by atoms with van der Waals surface area (Å²) in [5, 5.41) is 11.7. The van der Waals surface area contributed by atoms with Gasteiger partial charge in [0.1, 0.15) is 5.75 Å². The predicted molar refractivity (Wildman–Crippen MR) is 125 cm³/mol. The molecule has 0 aliphatic heterocycles. The van der Waals surface area contributed by atoms with Crippen LogP contribution in [0.3, 0.4) is 0 Å². The molecule has 0 saturated heterocycles. The molecule has 5 N–H and O–H groups in total. The molecule has 0 aliphatic carbocycles. The van der Waals surface area contributed by atoms with Gasteiger partial charge in [-0.2, -0.15) is 5.10 Å². The normalized spacial score (nSPS) is 11.5. The quantitative estimate of drug-likeness (QED) is 0.177. The van der Waals surface area contributed by atoms with Gasteiger partial charge in [-0.1, -0.05) is 24.3 Å². The van der Waals surface area contributed by atoms with Crippen molar-refractivity contribution in [1.82, 2.24) is 10.6 Å². The molecule has 2 rings (SSSR count). The number of amides is 3. The van der Waals surface area contributed by atoms with Crippen LogP contribution in [-0.2, 0) is 14.3 Å². The number of urea groups is 1. The van der Waals surface area contributed by atoms with Gasteiger partial charge < -0.3 is 31.3 Å². The number of benzene rings is 2. The Kier molecular flexibility index (Phi) is 10.2. The van der Waals surface area contributed by atoms with E-state index in [1.54, 1.807) is 55.5 Å². The van der Waals surface area contributed by atoms with Crippen LogP contribution < -0.4 is 26.5 Å². The van der Waals surface area contributed by atoms with E-state index in [2.05, 4.69) is 21.1 Å². The Labute approximate surface area is 192 Å². The third-order valence-corrected chi connectivity index (χ3v) is 4.54. The van der Waals surface area contributed by atoms with Crippen molar-refractivity contribution in [3.63, 3.8) is 0 Å². The largest absolute Gasteiger partial charge is 0.497 e. The van der Waals surface area contributed by atoms with E-state index >= 15 is 0 Å². The second-order valence-corrected chi connectivity index (χ2v) is 6.94. The van der Waals surface area contributed by atoms with Gasteiger partial charge in [0.05, 0.1) is 38.8 Å². The number of hydrazone groups is 1. The summed E-state index contributed by atoms with van der Waals surface area (Å²) >= 11 is 0. The number of carbonyl (C=O) groups excluding carboxylic acids is 3. The summed E-state index contributed by atoms with van der Waals surface area (Å²) in [7, 11) is 1.54. The molecule has 0 aliphatic rings. The van der Waals surface area contributed by atoms with Crippen molar-refractivity contribution in [2.24, 2.45) is 10.9 Å². The van der Waals surface area contributed by atoms with E-state index in [4.69, 9.17) is 15.3 Å². The Morgan fingerprint density at radius 2 is 1.91 bits per heavy atom. The van der Waals surface area contributed by atoms with Crippen LogP contribution in [0.15, 0.2) is 53.6 Å². The molecule has 10 heteroatoms. The molecule has 0 saturated carbocycles. The summed E-state index contributed by atoms with van der Waals surface area (Å²) in [6, 6.07) is 12.9. The first kappa shape index (κ1) is 25.2. The van der Waals surface area contributed by atoms with Gasteiger partial charge in [-0.15, -0.1) is 0 Å². The van der Waals surface area contributed by atoms with Crippen LogP contribution >= 0.6 is 0 Å². The third kappa shape index (κ3) is 8.90. The molecule has 176 valence electrons. The van der Waals surface area contributed by atoms with E-state index in [0.717, 1.165) is 5.56 Å². The topological polar surface area (TPSA) is 144 Å². The van der Waals surface area contributed by atoms with E-state index in [9.17, 15) is 14.4 Å². The van der Waals surface area contributed by atoms with Crippen LogP contribution in [0, 0.1) is 0 Å². The lowest BCUT2D eigenvalue weighted by molar-refractivity contribution is -0.143. The SMILES string of the molecule is CCOC(=O)CCNC(=O)CC(NC(=O)Nc1ccc(C=NN)cc1)c1cccc(OC)c1. The summed E-state index contributed by atoms with van der Waals surface area (Å²) in [5.41, 5.74) is 2.04. The molecule has 0 radical (unpaired) electrons. The Balaban J connectivity index is 2.04. The monoisotopic (exact) mass is 455 g/mol. The molecule has 0 aromatic heterocycles. The average Bonchev–Trinajstić information content (AvgIpc) is 2.80. The standard InChI is InChI=1S/C23H29N5O5/c1-3-33-22(30)11-12-25-21(29)14-20(17-5-4-6-19(13-17)32-2)28-23(31)27-18-9-7-16(8-10-18)15-26-24/h4-10,13,15,20H,3,11-12,14,24H2,1-2H3,(H,25,29)(H2,27,28,31).